The summed E-state index contributed by atoms with van der Waals surface area (Å²) in [5, 5.41) is 0.740. The molecule has 2 aromatic carbocycles. The Morgan fingerprint density at radius 3 is 2.42 bits per heavy atom. The molecule has 0 bridgehead atoms. The number of benzene rings is 2. The van der Waals surface area contributed by atoms with Crippen LogP contribution in [-0.4, -0.2) is 0 Å². The Morgan fingerprint density at radius 2 is 1.74 bits per heavy atom. The van der Waals surface area contributed by atoms with E-state index >= 15 is 0 Å². The summed E-state index contributed by atoms with van der Waals surface area (Å²) < 4.78 is 13.2. The minimum absolute atomic E-state index is 0.209. The second kappa shape index (κ2) is 6.94. The van der Waals surface area contributed by atoms with Gasteiger partial charge in [0.05, 0.1) is 0 Å². The molecule has 4 heteroatoms. The average Bonchev–Trinajstić information content (AvgIpc) is 2.41. The molecule has 0 unspecified atom stereocenters. The summed E-state index contributed by atoms with van der Waals surface area (Å²) in [5.74, 6) is 1.42. The van der Waals surface area contributed by atoms with E-state index in [0.717, 1.165) is 27.7 Å². The van der Waals surface area contributed by atoms with Crippen LogP contribution >= 0.6 is 23.4 Å². The van der Waals surface area contributed by atoms with Gasteiger partial charge in [-0.2, -0.15) is 11.8 Å². The topological polar surface area (TPSA) is 26.0 Å². The first-order valence-electron chi connectivity index (χ1n) is 5.98. The molecule has 1 nitrogen and oxygen atoms in total. The Balaban J connectivity index is 1.95. The fourth-order valence-corrected chi connectivity index (χ4v) is 2.93. The predicted molar refractivity (Wildman–Crippen MR) is 80.7 cm³/mol. The fraction of sp³-hybridized carbons (Fsp3) is 0.200. The summed E-state index contributed by atoms with van der Waals surface area (Å²) in [4.78, 5) is 0. The molecule has 0 fully saturated rings. The van der Waals surface area contributed by atoms with E-state index in [1.807, 2.05) is 24.3 Å². The second-order valence-corrected chi connectivity index (χ2v) is 5.66. The molecule has 0 aromatic heterocycles. The number of hydrogen-bond acceptors (Lipinski definition) is 2. The number of hydrogen-bond donors (Lipinski definition) is 1. The lowest BCUT2D eigenvalue weighted by molar-refractivity contribution is 0.625. The Bertz CT molecular complexity index is 542. The van der Waals surface area contributed by atoms with Crippen molar-refractivity contribution in [2.45, 2.75) is 18.1 Å². The van der Waals surface area contributed by atoms with Crippen molar-refractivity contribution in [3.63, 3.8) is 0 Å². The molecule has 0 aliphatic heterocycles. The van der Waals surface area contributed by atoms with Crippen molar-refractivity contribution >= 4 is 23.4 Å². The molecule has 0 radical (unpaired) electrons. The van der Waals surface area contributed by atoms with E-state index in [1.54, 1.807) is 23.9 Å². The fourth-order valence-electron chi connectivity index (χ4n) is 1.79. The van der Waals surface area contributed by atoms with Crippen LogP contribution in [0, 0.1) is 5.82 Å². The monoisotopic (exact) mass is 295 g/mol. The summed E-state index contributed by atoms with van der Waals surface area (Å²) in [7, 11) is 0. The van der Waals surface area contributed by atoms with Crippen LogP contribution < -0.4 is 5.73 Å². The van der Waals surface area contributed by atoms with Gasteiger partial charge in [0, 0.05) is 23.1 Å². The van der Waals surface area contributed by atoms with Crippen molar-refractivity contribution in [3.8, 4) is 0 Å². The molecule has 19 heavy (non-hydrogen) atoms. The zero-order valence-corrected chi connectivity index (χ0v) is 12.0. The van der Waals surface area contributed by atoms with Gasteiger partial charge in [-0.25, -0.2) is 4.39 Å². The number of rotatable bonds is 5. The Hall–Kier alpha value is -1.03. The van der Waals surface area contributed by atoms with Crippen LogP contribution in [0.25, 0.3) is 0 Å². The number of halogens is 2. The molecule has 2 N–H and O–H groups in total. The highest BCUT2D eigenvalue weighted by Gasteiger charge is 2.03. The standard InChI is InChI=1S/C15H15ClFNS/c16-14-4-1-11(2-5-14)9-19-10-13-7-15(17)6-3-12(13)8-18/h1-7H,8-10,18H2. The zero-order valence-electron chi connectivity index (χ0n) is 10.4. The summed E-state index contributed by atoms with van der Waals surface area (Å²) in [5.41, 5.74) is 8.84. The molecule has 0 amide bonds. The molecule has 2 aromatic rings. The molecule has 0 saturated heterocycles. The lowest BCUT2D eigenvalue weighted by Crippen LogP contribution is -2.01. The SMILES string of the molecule is NCc1ccc(F)cc1CSCc1ccc(Cl)cc1. The minimum atomic E-state index is -0.209. The van der Waals surface area contributed by atoms with Crippen molar-refractivity contribution in [1.82, 2.24) is 0 Å². The first-order valence-corrected chi connectivity index (χ1v) is 7.52. The molecule has 0 aliphatic rings. The summed E-state index contributed by atoms with van der Waals surface area (Å²) >= 11 is 7.57. The van der Waals surface area contributed by atoms with Gasteiger partial charge < -0.3 is 5.73 Å². The van der Waals surface area contributed by atoms with Crippen LogP contribution in [0.15, 0.2) is 42.5 Å². The lowest BCUT2D eigenvalue weighted by Gasteiger charge is -2.08. The largest absolute Gasteiger partial charge is 0.326 e. The highest BCUT2D eigenvalue weighted by Crippen LogP contribution is 2.22. The van der Waals surface area contributed by atoms with Crippen molar-refractivity contribution in [2.75, 3.05) is 0 Å². The number of thioether (sulfide) groups is 1. The van der Waals surface area contributed by atoms with Gasteiger partial charge in [-0.05, 0) is 41.0 Å². The van der Waals surface area contributed by atoms with Crippen molar-refractivity contribution in [2.24, 2.45) is 5.73 Å². The Morgan fingerprint density at radius 1 is 1.00 bits per heavy atom. The van der Waals surface area contributed by atoms with Crippen molar-refractivity contribution in [1.29, 1.82) is 0 Å². The van der Waals surface area contributed by atoms with Crippen LogP contribution in [0.3, 0.4) is 0 Å². The quantitative estimate of drug-likeness (QED) is 0.886. The molecule has 0 saturated carbocycles. The second-order valence-electron chi connectivity index (χ2n) is 4.24. The van der Waals surface area contributed by atoms with E-state index in [4.69, 9.17) is 17.3 Å². The third kappa shape index (κ3) is 4.23. The number of nitrogens with two attached hydrogens (primary N) is 1. The smallest absolute Gasteiger partial charge is 0.123 e. The van der Waals surface area contributed by atoms with Gasteiger partial charge in [0.1, 0.15) is 5.82 Å². The van der Waals surface area contributed by atoms with Crippen LogP contribution in [0.4, 0.5) is 4.39 Å². The molecule has 100 valence electrons. The first-order chi connectivity index (χ1) is 9.19. The molecular weight excluding hydrogens is 281 g/mol. The van der Waals surface area contributed by atoms with Gasteiger partial charge in [-0.15, -0.1) is 0 Å². The van der Waals surface area contributed by atoms with Crippen LogP contribution in [0.2, 0.25) is 5.02 Å². The van der Waals surface area contributed by atoms with Gasteiger partial charge in [-0.3, -0.25) is 0 Å². The van der Waals surface area contributed by atoms with E-state index in [9.17, 15) is 4.39 Å². The van der Waals surface area contributed by atoms with Crippen LogP contribution in [0.1, 0.15) is 16.7 Å². The highest BCUT2D eigenvalue weighted by molar-refractivity contribution is 7.97. The van der Waals surface area contributed by atoms with E-state index in [-0.39, 0.29) is 5.82 Å². The van der Waals surface area contributed by atoms with E-state index < -0.39 is 0 Å². The Kier molecular flexibility index (Phi) is 5.25. The van der Waals surface area contributed by atoms with Gasteiger partial charge >= 0.3 is 0 Å². The lowest BCUT2D eigenvalue weighted by atomic mass is 10.1. The normalized spacial score (nSPS) is 10.7. The molecule has 2 rings (SSSR count). The maximum absolute atomic E-state index is 13.2. The average molecular weight is 296 g/mol. The van der Waals surface area contributed by atoms with Crippen LogP contribution in [0.5, 0.6) is 0 Å². The molecule has 0 aliphatic carbocycles. The Labute approximate surface area is 122 Å². The first kappa shape index (κ1) is 14.4. The maximum Gasteiger partial charge on any atom is 0.123 e. The van der Waals surface area contributed by atoms with E-state index in [1.165, 1.54) is 11.6 Å². The van der Waals surface area contributed by atoms with Crippen molar-refractivity contribution in [3.05, 3.63) is 70.0 Å². The summed E-state index contributed by atoms with van der Waals surface area (Å²) in [6.45, 7) is 0.442. The van der Waals surface area contributed by atoms with E-state index in [2.05, 4.69) is 0 Å². The van der Waals surface area contributed by atoms with Gasteiger partial charge in [0.2, 0.25) is 0 Å². The molecule has 0 atom stereocenters. The van der Waals surface area contributed by atoms with E-state index in [0.29, 0.717) is 6.54 Å². The van der Waals surface area contributed by atoms with Gasteiger partial charge in [-0.1, -0.05) is 29.8 Å². The highest BCUT2D eigenvalue weighted by atomic mass is 35.5. The van der Waals surface area contributed by atoms with Crippen LogP contribution in [-0.2, 0) is 18.1 Å². The minimum Gasteiger partial charge on any atom is -0.326 e. The summed E-state index contributed by atoms with van der Waals surface area (Å²) in [6.07, 6.45) is 0. The molecular formula is C15H15ClFNS. The molecule has 0 spiro atoms. The van der Waals surface area contributed by atoms with Crippen molar-refractivity contribution < 1.29 is 4.39 Å². The van der Waals surface area contributed by atoms with Gasteiger partial charge in [0.25, 0.3) is 0 Å². The predicted octanol–water partition coefficient (Wildman–Crippen LogP) is 4.37. The third-order valence-electron chi connectivity index (χ3n) is 2.83. The zero-order chi connectivity index (χ0) is 13.7. The third-order valence-corrected chi connectivity index (χ3v) is 4.13. The maximum atomic E-state index is 13.2. The molecule has 0 heterocycles. The summed E-state index contributed by atoms with van der Waals surface area (Å²) in [6, 6.07) is 12.5. The van der Waals surface area contributed by atoms with Gasteiger partial charge in [0.15, 0.2) is 0 Å².